The lowest BCUT2D eigenvalue weighted by atomic mass is 10.1. The van der Waals surface area contributed by atoms with Crippen LogP contribution in [0.15, 0.2) is 83.8 Å². The predicted molar refractivity (Wildman–Crippen MR) is 125 cm³/mol. The summed E-state index contributed by atoms with van der Waals surface area (Å²) in [6.45, 7) is 0.608. The molecule has 0 spiro atoms. The van der Waals surface area contributed by atoms with Crippen LogP contribution < -0.4 is 9.62 Å². The molecule has 3 rings (SSSR count). The quantitative estimate of drug-likeness (QED) is 0.570. The van der Waals surface area contributed by atoms with Crippen LogP contribution in [0.5, 0.6) is 0 Å². The topological polar surface area (TPSA) is 93.5 Å². The number of hydrogen-bond acceptors (Lipinski definition) is 5. The Labute approximate surface area is 188 Å². The number of anilines is 2. The molecule has 0 heterocycles. The Morgan fingerprint density at radius 3 is 2.41 bits per heavy atom. The molecule has 0 saturated carbocycles. The van der Waals surface area contributed by atoms with E-state index in [2.05, 4.69) is 11.4 Å². The van der Waals surface area contributed by atoms with Crippen molar-refractivity contribution >= 4 is 27.3 Å². The number of rotatable bonds is 8. The van der Waals surface area contributed by atoms with Crippen molar-refractivity contribution in [2.24, 2.45) is 0 Å². The molecule has 3 aromatic carbocycles. The molecule has 32 heavy (non-hydrogen) atoms. The molecular formula is C24H24N4O3S. The Hall–Kier alpha value is -3.67. The number of benzene rings is 3. The number of carbonyl (C=O) groups is 1. The molecule has 0 bridgehead atoms. The summed E-state index contributed by atoms with van der Waals surface area (Å²) in [5.74, 6) is -0.269. The molecule has 1 amide bonds. The minimum Gasteiger partial charge on any atom is -0.325 e. The van der Waals surface area contributed by atoms with Gasteiger partial charge in [0.05, 0.1) is 28.8 Å². The van der Waals surface area contributed by atoms with Crippen LogP contribution in [0.25, 0.3) is 0 Å². The van der Waals surface area contributed by atoms with E-state index in [4.69, 9.17) is 5.26 Å². The highest BCUT2D eigenvalue weighted by Crippen LogP contribution is 2.23. The number of amides is 1. The zero-order valence-corrected chi connectivity index (χ0v) is 18.7. The van der Waals surface area contributed by atoms with Gasteiger partial charge in [-0.25, -0.2) is 8.42 Å². The van der Waals surface area contributed by atoms with E-state index in [1.807, 2.05) is 17.0 Å². The highest BCUT2D eigenvalue weighted by molar-refractivity contribution is 7.92. The zero-order valence-electron chi connectivity index (χ0n) is 17.9. The number of hydrogen-bond donors (Lipinski definition) is 1. The lowest BCUT2D eigenvalue weighted by molar-refractivity contribution is -0.117. The Morgan fingerprint density at radius 2 is 1.69 bits per heavy atom. The summed E-state index contributed by atoms with van der Waals surface area (Å²) >= 11 is 0. The van der Waals surface area contributed by atoms with Crippen LogP contribution in [0.1, 0.15) is 11.1 Å². The van der Waals surface area contributed by atoms with Crippen LogP contribution in [0.2, 0.25) is 0 Å². The van der Waals surface area contributed by atoms with Crippen molar-refractivity contribution in [1.82, 2.24) is 4.90 Å². The zero-order chi connectivity index (χ0) is 23.1. The summed E-state index contributed by atoms with van der Waals surface area (Å²) in [5, 5.41) is 11.8. The molecule has 8 heteroatoms. The van der Waals surface area contributed by atoms with Crippen molar-refractivity contribution in [2.75, 3.05) is 30.3 Å². The first-order valence-corrected chi connectivity index (χ1v) is 11.3. The van der Waals surface area contributed by atoms with Crippen molar-refractivity contribution in [1.29, 1.82) is 5.26 Å². The summed E-state index contributed by atoms with van der Waals surface area (Å²) in [6, 6.07) is 24.3. The van der Waals surface area contributed by atoms with E-state index in [1.54, 1.807) is 61.6 Å². The van der Waals surface area contributed by atoms with Crippen molar-refractivity contribution < 1.29 is 13.2 Å². The van der Waals surface area contributed by atoms with Crippen LogP contribution in [0.3, 0.4) is 0 Å². The van der Waals surface area contributed by atoms with E-state index in [0.29, 0.717) is 23.5 Å². The van der Waals surface area contributed by atoms with Gasteiger partial charge < -0.3 is 5.32 Å². The fraction of sp³-hybridized carbons (Fsp3) is 0.167. The maximum Gasteiger partial charge on any atom is 0.264 e. The number of nitrogens with zero attached hydrogens (tertiary/aromatic N) is 3. The molecule has 0 atom stereocenters. The second-order valence-corrected chi connectivity index (χ2v) is 9.34. The minimum absolute atomic E-state index is 0.0864. The minimum atomic E-state index is -3.78. The summed E-state index contributed by atoms with van der Waals surface area (Å²) in [6.07, 6.45) is 0. The SMILES string of the molecule is CN(CC(=O)Nc1cccc(S(=O)(=O)N(C)c2ccccc2)c1)Cc1cccc(C#N)c1. The number of para-hydroxylation sites is 1. The molecular weight excluding hydrogens is 424 g/mol. The smallest absolute Gasteiger partial charge is 0.264 e. The van der Waals surface area contributed by atoms with Crippen LogP contribution in [0.4, 0.5) is 11.4 Å². The van der Waals surface area contributed by atoms with Gasteiger partial charge in [-0.15, -0.1) is 0 Å². The van der Waals surface area contributed by atoms with Gasteiger partial charge in [0.1, 0.15) is 0 Å². The van der Waals surface area contributed by atoms with E-state index in [-0.39, 0.29) is 17.3 Å². The largest absolute Gasteiger partial charge is 0.325 e. The van der Waals surface area contributed by atoms with E-state index in [9.17, 15) is 13.2 Å². The summed E-state index contributed by atoms with van der Waals surface area (Å²) in [4.78, 5) is 14.4. The van der Waals surface area contributed by atoms with Gasteiger partial charge in [0.25, 0.3) is 10.0 Å². The maximum atomic E-state index is 13.0. The third-order valence-electron chi connectivity index (χ3n) is 4.82. The predicted octanol–water partition coefficient (Wildman–Crippen LogP) is 3.45. The summed E-state index contributed by atoms with van der Waals surface area (Å²) < 4.78 is 27.2. The first-order valence-electron chi connectivity index (χ1n) is 9.91. The molecule has 0 aliphatic heterocycles. The first kappa shape index (κ1) is 23.0. The average Bonchev–Trinajstić information content (AvgIpc) is 2.79. The molecule has 0 fully saturated rings. The molecule has 0 unspecified atom stereocenters. The number of nitrogens with one attached hydrogen (secondary N) is 1. The molecule has 3 aromatic rings. The Kier molecular flexibility index (Phi) is 7.25. The Bertz CT molecular complexity index is 1240. The second-order valence-electron chi connectivity index (χ2n) is 7.37. The van der Waals surface area contributed by atoms with E-state index in [0.717, 1.165) is 5.56 Å². The Morgan fingerprint density at radius 1 is 0.969 bits per heavy atom. The maximum absolute atomic E-state index is 13.0. The third kappa shape index (κ3) is 5.72. The van der Waals surface area contributed by atoms with Gasteiger partial charge in [-0.2, -0.15) is 5.26 Å². The normalized spacial score (nSPS) is 11.1. The molecule has 0 saturated heterocycles. The molecule has 0 aromatic heterocycles. The monoisotopic (exact) mass is 448 g/mol. The van der Waals surface area contributed by atoms with Crippen molar-refractivity contribution in [3.05, 3.63) is 90.0 Å². The van der Waals surface area contributed by atoms with E-state index < -0.39 is 10.0 Å². The van der Waals surface area contributed by atoms with Crippen LogP contribution in [-0.2, 0) is 21.4 Å². The van der Waals surface area contributed by atoms with Gasteiger partial charge in [0.15, 0.2) is 0 Å². The van der Waals surface area contributed by atoms with Gasteiger partial charge >= 0.3 is 0 Å². The van der Waals surface area contributed by atoms with Crippen LogP contribution in [-0.4, -0.2) is 39.9 Å². The number of likely N-dealkylation sites (N-methyl/N-ethyl adjacent to an activating group) is 1. The molecule has 0 radical (unpaired) electrons. The third-order valence-corrected chi connectivity index (χ3v) is 6.60. The number of sulfonamides is 1. The van der Waals surface area contributed by atoms with Gasteiger partial charge in [-0.3, -0.25) is 14.0 Å². The fourth-order valence-electron chi connectivity index (χ4n) is 3.22. The molecule has 164 valence electrons. The van der Waals surface area contributed by atoms with Crippen molar-refractivity contribution in [2.45, 2.75) is 11.4 Å². The van der Waals surface area contributed by atoms with E-state index in [1.165, 1.54) is 23.5 Å². The Balaban J connectivity index is 1.66. The molecule has 0 aliphatic carbocycles. The fourth-order valence-corrected chi connectivity index (χ4v) is 4.46. The van der Waals surface area contributed by atoms with Crippen LogP contribution in [0, 0.1) is 11.3 Å². The summed E-state index contributed by atoms with van der Waals surface area (Å²) in [7, 11) is -0.483. The van der Waals surface area contributed by atoms with Gasteiger partial charge in [0, 0.05) is 19.3 Å². The molecule has 0 aliphatic rings. The van der Waals surface area contributed by atoms with Crippen LogP contribution >= 0.6 is 0 Å². The molecule has 7 nitrogen and oxygen atoms in total. The summed E-state index contributed by atoms with van der Waals surface area (Å²) in [5.41, 5.74) is 2.44. The highest BCUT2D eigenvalue weighted by Gasteiger charge is 2.21. The molecule has 1 N–H and O–H groups in total. The second kappa shape index (κ2) is 10.1. The van der Waals surface area contributed by atoms with Gasteiger partial charge in [-0.1, -0.05) is 36.4 Å². The number of nitriles is 1. The lowest BCUT2D eigenvalue weighted by Crippen LogP contribution is -2.30. The van der Waals surface area contributed by atoms with Gasteiger partial charge in [0.2, 0.25) is 5.91 Å². The van der Waals surface area contributed by atoms with Crippen molar-refractivity contribution in [3.63, 3.8) is 0 Å². The average molecular weight is 449 g/mol. The van der Waals surface area contributed by atoms with Gasteiger partial charge in [-0.05, 0) is 55.1 Å². The van der Waals surface area contributed by atoms with Crippen molar-refractivity contribution in [3.8, 4) is 6.07 Å². The number of carbonyl (C=O) groups excluding carboxylic acids is 1. The first-order chi connectivity index (χ1) is 15.3. The highest BCUT2D eigenvalue weighted by atomic mass is 32.2. The lowest BCUT2D eigenvalue weighted by Gasteiger charge is -2.20. The van der Waals surface area contributed by atoms with E-state index >= 15 is 0 Å². The standard InChI is InChI=1S/C24H24N4O3S/c1-27(17-20-9-6-8-19(14-20)16-25)18-24(29)26-21-10-7-13-23(15-21)32(30,31)28(2)22-11-4-3-5-12-22/h3-15H,17-18H2,1-2H3,(H,26,29).